The maximum Gasteiger partial charge on any atom is 0.323 e. The molecule has 0 atom stereocenters. The van der Waals surface area contributed by atoms with Gasteiger partial charge >= 0.3 is 5.97 Å². The molecule has 0 unspecified atom stereocenters. The van der Waals surface area contributed by atoms with Gasteiger partial charge in [0.1, 0.15) is 6.54 Å². The number of hydrogen-bond acceptors (Lipinski definition) is 3. The third-order valence-electron chi connectivity index (χ3n) is 4.17. The molecule has 0 radical (unpaired) electrons. The summed E-state index contributed by atoms with van der Waals surface area (Å²) in [4.78, 5) is 25.4. The Kier molecular flexibility index (Phi) is 5.27. The lowest BCUT2D eigenvalue weighted by atomic mass is 9.72. The number of aliphatic carboxylic acids is 1. The Balaban J connectivity index is 2.27. The van der Waals surface area contributed by atoms with E-state index in [0.29, 0.717) is 6.54 Å². The molecule has 6 heteroatoms. The number of nitrogens with zero attached hydrogens (tertiary/aromatic N) is 1. The van der Waals surface area contributed by atoms with E-state index in [-0.39, 0.29) is 17.9 Å². The summed E-state index contributed by atoms with van der Waals surface area (Å²) in [5, 5.41) is 9.01. The predicted octanol–water partition coefficient (Wildman–Crippen LogP) is 3.54. The highest BCUT2D eigenvalue weighted by Gasteiger charge is 2.38. The molecule has 0 spiro atoms. The highest BCUT2D eigenvalue weighted by Crippen LogP contribution is 2.43. The molecule has 1 aromatic rings. The fourth-order valence-corrected chi connectivity index (χ4v) is 4.40. The Hall–Kier alpha value is -1.07. The van der Waals surface area contributed by atoms with Gasteiger partial charge in [0.2, 0.25) is 5.91 Å². The quantitative estimate of drug-likeness (QED) is 0.899. The van der Waals surface area contributed by atoms with E-state index in [1.54, 1.807) is 11.3 Å². The molecule has 1 aromatic heterocycles. The maximum atomic E-state index is 11.8. The molecule has 0 saturated heterocycles. The third kappa shape index (κ3) is 3.98. The molecule has 21 heavy (non-hydrogen) atoms. The number of carboxylic acids is 1. The number of thiophene rings is 1. The first-order chi connectivity index (χ1) is 9.93. The van der Waals surface area contributed by atoms with E-state index in [1.165, 1.54) is 23.1 Å². The van der Waals surface area contributed by atoms with Crippen molar-refractivity contribution in [3.8, 4) is 0 Å². The van der Waals surface area contributed by atoms with Gasteiger partial charge < -0.3 is 10.0 Å². The SMILES string of the molecule is CC(=O)N(CC(=O)O)CC1(c2ccc(Cl)s2)CCCCC1. The highest BCUT2D eigenvalue weighted by molar-refractivity contribution is 7.16. The van der Waals surface area contributed by atoms with Crippen LogP contribution in [0.4, 0.5) is 0 Å². The fraction of sp³-hybridized carbons (Fsp3) is 0.600. The molecular formula is C15H20ClNO3S. The average Bonchev–Trinajstić information content (AvgIpc) is 2.86. The van der Waals surface area contributed by atoms with E-state index in [2.05, 4.69) is 0 Å². The molecule has 1 saturated carbocycles. The standard InChI is InChI=1S/C15H20ClNO3S/c1-11(18)17(9-14(19)20)10-15(7-3-2-4-8-15)12-5-6-13(16)21-12/h5-6H,2-4,7-10H2,1H3,(H,19,20). The zero-order chi connectivity index (χ0) is 15.5. The number of carbonyl (C=O) groups is 2. The molecule has 1 amide bonds. The summed E-state index contributed by atoms with van der Waals surface area (Å²) >= 11 is 7.61. The first-order valence-electron chi connectivity index (χ1n) is 7.16. The summed E-state index contributed by atoms with van der Waals surface area (Å²) in [6.45, 7) is 1.66. The number of carbonyl (C=O) groups excluding carboxylic acids is 1. The molecule has 1 fully saturated rings. The minimum absolute atomic E-state index is 0.142. The van der Waals surface area contributed by atoms with E-state index in [0.717, 1.165) is 30.0 Å². The molecule has 116 valence electrons. The molecule has 0 aromatic carbocycles. The van der Waals surface area contributed by atoms with Crippen molar-refractivity contribution in [1.29, 1.82) is 0 Å². The Bertz CT molecular complexity index is 523. The number of rotatable bonds is 5. The Morgan fingerprint density at radius 3 is 2.48 bits per heavy atom. The van der Waals surface area contributed by atoms with Gasteiger partial charge in [0.15, 0.2) is 0 Å². The average molecular weight is 330 g/mol. The third-order valence-corrected chi connectivity index (χ3v) is 5.65. The summed E-state index contributed by atoms with van der Waals surface area (Å²) < 4.78 is 0.738. The minimum Gasteiger partial charge on any atom is -0.480 e. The summed E-state index contributed by atoms with van der Waals surface area (Å²) in [6, 6.07) is 3.91. The van der Waals surface area contributed by atoms with Crippen LogP contribution < -0.4 is 0 Å². The van der Waals surface area contributed by atoms with Crippen molar-refractivity contribution in [3.05, 3.63) is 21.3 Å². The topological polar surface area (TPSA) is 57.6 Å². The lowest BCUT2D eigenvalue weighted by Crippen LogP contribution is -2.45. The first kappa shape index (κ1) is 16.3. The van der Waals surface area contributed by atoms with Gasteiger partial charge in [0.05, 0.1) is 4.34 Å². The minimum atomic E-state index is -0.972. The summed E-state index contributed by atoms with van der Waals surface area (Å²) in [7, 11) is 0. The predicted molar refractivity (Wildman–Crippen MR) is 84.0 cm³/mol. The Morgan fingerprint density at radius 2 is 2.00 bits per heavy atom. The zero-order valence-corrected chi connectivity index (χ0v) is 13.7. The van der Waals surface area contributed by atoms with Gasteiger partial charge in [0, 0.05) is 23.8 Å². The summed E-state index contributed by atoms with van der Waals surface area (Å²) in [5.74, 6) is -1.16. The van der Waals surface area contributed by atoms with Crippen LogP contribution in [0.3, 0.4) is 0 Å². The fourth-order valence-electron chi connectivity index (χ4n) is 3.12. The molecule has 4 nitrogen and oxygen atoms in total. The highest BCUT2D eigenvalue weighted by atomic mass is 35.5. The van der Waals surface area contributed by atoms with E-state index < -0.39 is 5.97 Å². The van der Waals surface area contributed by atoms with Crippen LogP contribution in [0.25, 0.3) is 0 Å². The van der Waals surface area contributed by atoms with Crippen molar-refractivity contribution in [1.82, 2.24) is 4.90 Å². The first-order valence-corrected chi connectivity index (χ1v) is 8.35. The van der Waals surface area contributed by atoms with Crippen molar-refractivity contribution < 1.29 is 14.7 Å². The molecule has 0 aliphatic heterocycles. The Labute approximate surface area is 133 Å². The summed E-state index contributed by atoms with van der Waals surface area (Å²) in [6.07, 6.45) is 5.36. The van der Waals surface area contributed by atoms with Crippen LogP contribution >= 0.6 is 22.9 Å². The van der Waals surface area contributed by atoms with Crippen molar-refractivity contribution in [2.75, 3.05) is 13.1 Å². The van der Waals surface area contributed by atoms with Gasteiger partial charge in [-0.05, 0) is 25.0 Å². The second kappa shape index (κ2) is 6.79. The maximum absolute atomic E-state index is 11.8. The van der Waals surface area contributed by atoms with Crippen molar-refractivity contribution >= 4 is 34.8 Å². The van der Waals surface area contributed by atoms with Crippen LogP contribution in [-0.2, 0) is 15.0 Å². The van der Waals surface area contributed by atoms with E-state index in [9.17, 15) is 9.59 Å². The number of carboxylic acid groups (broad SMARTS) is 1. The largest absolute Gasteiger partial charge is 0.480 e. The van der Waals surface area contributed by atoms with Crippen LogP contribution in [0.2, 0.25) is 4.34 Å². The van der Waals surface area contributed by atoms with Crippen molar-refractivity contribution in [2.45, 2.75) is 44.4 Å². The molecule has 2 rings (SSSR count). The van der Waals surface area contributed by atoms with Crippen LogP contribution in [0.1, 0.15) is 43.9 Å². The van der Waals surface area contributed by atoms with Crippen LogP contribution in [0, 0.1) is 0 Å². The number of hydrogen-bond donors (Lipinski definition) is 1. The van der Waals surface area contributed by atoms with E-state index in [1.807, 2.05) is 12.1 Å². The lowest BCUT2D eigenvalue weighted by molar-refractivity contribution is -0.144. The molecule has 1 aliphatic carbocycles. The molecule has 1 aliphatic rings. The second-order valence-electron chi connectivity index (χ2n) is 5.71. The van der Waals surface area contributed by atoms with Gasteiger partial charge in [-0.15, -0.1) is 11.3 Å². The van der Waals surface area contributed by atoms with Gasteiger partial charge in [0.25, 0.3) is 0 Å². The second-order valence-corrected chi connectivity index (χ2v) is 7.43. The van der Waals surface area contributed by atoms with Crippen molar-refractivity contribution in [2.24, 2.45) is 0 Å². The summed E-state index contributed by atoms with van der Waals surface area (Å²) in [5.41, 5.74) is -0.142. The van der Waals surface area contributed by atoms with Crippen LogP contribution in [-0.4, -0.2) is 35.0 Å². The van der Waals surface area contributed by atoms with Gasteiger partial charge in [-0.25, -0.2) is 0 Å². The Morgan fingerprint density at radius 1 is 1.33 bits per heavy atom. The number of amides is 1. The van der Waals surface area contributed by atoms with Gasteiger partial charge in [-0.3, -0.25) is 9.59 Å². The van der Waals surface area contributed by atoms with E-state index >= 15 is 0 Å². The molecule has 1 N–H and O–H groups in total. The molecule has 1 heterocycles. The molecule has 0 bridgehead atoms. The van der Waals surface area contributed by atoms with Crippen molar-refractivity contribution in [3.63, 3.8) is 0 Å². The smallest absolute Gasteiger partial charge is 0.323 e. The normalized spacial score (nSPS) is 17.4. The number of halogens is 1. The molecular weight excluding hydrogens is 310 g/mol. The van der Waals surface area contributed by atoms with Gasteiger partial charge in [-0.1, -0.05) is 30.9 Å². The van der Waals surface area contributed by atoms with Crippen LogP contribution in [0.15, 0.2) is 12.1 Å². The van der Waals surface area contributed by atoms with E-state index in [4.69, 9.17) is 16.7 Å². The van der Waals surface area contributed by atoms with Gasteiger partial charge in [-0.2, -0.15) is 0 Å². The van der Waals surface area contributed by atoms with Crippen LogP contribution in [0.5, 0.6) is 0 Å². The monoisotopic (exact) mass is 329 g/mol. The lowest BCUT2D eigenvalue weighted by Gasteiger charge is -2.40. The zero-order valence-electron chi connectivity index (χ0n) is 12.1.